The molecule has 0 saturated carbocycles. The van der Waals surface area contributed by atoms with Gasteiger partial charge in [0.05, 0.1) is 27.7 Å². The lowest BCUT2D eigenvalue weighted by Crippen LogP contribution is -2.37. The molecule has 0 aromatic carbocycles. The topological polar surface area (TPSA) is 108 Å². The number of esters is 2. The van der Waals surface area contributed by atoms with E-state index in [2.05, 4.69) is 148 Å². The number of carbonyl (C=O) groups excluding carboxylic acids is 2. The number of unbranched alkanes of at least 4 members (excludes halogenated alkanes) is 31. The Labute approximate surface area is 555 Å². The van der Waals surface area contributed by atoms with Gasteiger partial charge in [-0.25, -0.2) is 4.57 Å². The van der Waals surface area contributed by atoms with Crippen molar-refractivity contribution in [3.8, 4) is 0 Å². The maximum Gasteiger partial charge on any atom is 0.472 e. The Morgan fingerprint density at radius 2 is 0.633 bits per heavy atom. The van der Waals surface area contributed by atoms with Gasteiger partial charge in [0.25, 0.3) is 0 Å². The molecule has 1 N–H and O–H groups in total. The largest absolute Gasteiger partial charge is 0.472 e. The molecule has 0 aliphatic rings. The first-order valence-corrected chi connectivity index (χ1v) is 38.4. The van der Waals surface area contributed by atoms with Crippen LogP contribution in [0.4, 0.5) is 0 Å². The maximum atomic E-state index is 12.9. The third-order valence-corrected chi connectivity index (χ3v) is 16.6. The van der Waals surface area contributed by atoms with Gasteiger partial charge in [-0.3, -0.25) is 18.6 Å². The summed E-state index contributed by atoms with van der Waals surface area (Å²) in [6, 6.07) is 0. The predicted octanol–water partition coefficient (Wildman–Crippen LogP) is 24.4. The van der Waals surface area contributed by atoms with Gasteiger partial charge in [-0.2, -0.15) is 0 Å². The number of ether oxygens (including phenoxy) is 2. The zero-order valence-electron chi connectivity index (χ0n) is 58.8. The summed E-state index contributed by atoms with van der Waals surface area (Å²) < 4.78 is 34.8. The fourth-order valence-corrected chi connectivity index (χ4v) is 10.8. The van der Waals surface area contributed by atoms with E-state index in [-0.39, 0.29) is 32.0 Å². The van der Waals surface area contributed by atoms with E-state index in [0.29, 0.717) is 17.4 Å². The number of phosphoric acid groups is 1. The molecule has 0 amide bonds. The summed E-state index contributed by atoms with van der Waals surface area (Å²) in [7, 11) is 1.47. The molecule has 2 atom stereocenters. The van der Waals surface area contributed by atoms with E-state index in [9.17, 15) is 19.0 Å². The van der Waals surface area contributed by atoms with E-state index >= 15 is 0 Å². The number of carbonyl (C=O) groups is 2. The number of allylic oxidation sites excluding steroid dienone is 22. The van der Waals surface area contributed by atoms with Gasteiger partial charge in [-0.1, -0.05) is 314 Å². The van der Waals surface area contributed by atoms with Crippen LogP contribution in [0.25, 0.3) is 0 Å². The van der Waals surface area contributed by atoms with Crippen LogP contribution in [0.5, 0.6) is 0 Å². The highest BCUT2D eigenvalue weighted by Gasteiger charge is 2.27. The molecule has 0 bridgehead atoms. The van der Waals surface area contributed by atoms with Gasteiger partial charge in [-0.05, 0) is 116 Å². The second kappa shape index (κ2) is 69.5. The molecule has 0 saturated heterocycles. The van der Waals surface area contributed by atoms with Crippen LogP contribution in [0.15, 0.2) is 134 Å². The quantitative estimate of drug-likeness (QED) is 0.0211. The summed E-state index contributed by atoms with van der Waals surface area (Å²) in [5, 5.41) is 0. The van der Waals surface area contributed by atoms with E-state index < -0.39 is 26.5 Å². The summed E-state index contributed by atoms with van der Waals surface area (Å²) in [6.45, 7) is 4.32. The average Bonchev–Trinajstić information content (AvgIpc) is 3.58. The van der Waals surface area contributed by atoms with Crippen molar-refractivity contribution in [3.05, 3.63) is 134 Å². The Hall–Kier alpha value is -3.85. The maximum absolute atomic E-state index is 12.9. The van der Waals surface area contributed by atoms with Gasteiger partial charge in [0, 0.05) is 12.8 Å². The molecule has 0 heterocycles. The average molecular weight is 1270 g/mol. The first-order valence-electron chi connectivity index (χ1n) is 36.9. The van der Waals surface area contributed by atoms with Crippen molar-refractivity contribution in [2.45, 2.75) is 315 Å². The molecule has 0 spiro atoms. The lowest BCUT2D eigenvalue weighted by molar-refractivity contribution is -0.870. The highest BCUT2D eigenvalue weighted by atomic mass is 31.2. The number of likely N-dealkylation sites (N-methyl/N-ethyl adjacent to an activating group) is 1. The summed E-state index contributed by atoms with van der Waals surface area (Å²) >= 11 is 0. The van der Waals surface area contributed by atoms with Crippen LogP contribution in [0.2, 0.25) is 0 Å². The van der Waals surface area contributed by atoms with Crippen LogP contribution in [0.1, 0.15) is 309 Å². The van der Waals surface area contributed by atoms with Gasteiger partial charge in [-0.15, -0.1) is 0 Å². The normalized spacial score (nSPS) is 13.9. The van der Waals surface area contributed by atoms with Crippen molar-refractivity contribution < 1.29 is 42.1 Å². The molecule has 0 fully saturated rings. The van der Waals surface area contributed by atoms with Gasteiger partial charge in [0.2, 0.25) is 0 Å². The second-order valence-electron chi connectivity index (χ2n) is 25.6. The fraction of sp³-hybridized carbons (Fsp3) is 0.700. The van der Waals surface area contributed by atoms with Crippen LogP contribution in [0.3, 0.4) is 0 Å². The first-order chi connectivity index (χ1) is 44.0. The van der Waals surface area contributed by atoms with E-state index in [1.807, 2.05) is 21.1 Å². The van der Waals surface area contributed by atoms with Gasteiger partial charge in [0.1, 0.15) is 19.8 Å². The van der Waals surface area contributed by atoms with Gasteiger partial charge < -0.3 is 18.9 Å². The second-order valence-corrected chi connectivity index (χ2v) is 27.0. The van der Waals surface area contributed by atoms with Crippen LogP contribution in [-0.4, -0.2) is 74.9 Å². The molecule has 0 aliphatic heterocycles. The van der Waals surface area contributed by atoms with Crippen molar-refractivity contribution in [3.63, 3.8) is 0 Å². The number of rotatable bonds is 67. The molecule has 0 aromatic rings. The predicted molar refractivity (Wildman–Crippen MR) is 390 cm³/mol. The number of hydrogen-bond acceptors (Lipinski definition) is 7. The number of quaternary nitrogens is 1. The molecule has 0 radical (unpaired) electrons. The van der Waals surface area contributed by atoms with E-state index in [4.69, 9.17) is 18.5 Å². The number of nitrogens with zero attached hydrogens (tertiary/aromatic N) is 1. The minimum atomic E-state index is -4.40. The third kappa shape index (κ3) is 73.2. The number of phosphoric ester groups is 1. The lowest BCUT2D eigenvalue weighted by Gasteiger charge is -2.24. The van der Waals surface area contributed by atoms with Crippen molar-refractivity contribution in [2.75, 3.05) is 47.5 Å². The van der Waals surface area contributed by atoms with Crippen molar-refractivity contribution in [1.29, 1.82) is 0 Å². The van der Waals surface area contributed by atoms with Crippen molar-refractivity contribution >= 4 is 19.8 Å². The lowest BCUT2D eigenvalue weighted by atomic mass is 10.0. The summed E-state index contributed by atoms with van der Waals surface area (Å²) in [4.78, 5) is 35.9. The molecule has 10 heteroatoms. The molecule has 516 valence electrons. The van der Waals surface area contributed by atoms with Crippen LogP contribution in [0, 0.1) is 0 Å². The van der Waals surface area contributed by atoms with Gasteiger partial charge >= 0.3 is 19.8 Å². The molecular formula is C80H139NO8P+. The Kier molecular flexibility index (Phi) is 66.5. The van der Waals surface area contributed by atoms with Gasteiger partial charge in [0.15, 0.2) is 6.10 Å². The molecule has 0 aromatic heterocycles. The van der Waals surface area contributed by atoms with Crippen LogP contribution in [-0.2, 0) is 32.7 Å². The standard InChI is InChI=1S/C80H138NO8P/c1-6-8-10-12-14-16-18-20-22-24-26-28-30-32-34-36-37-38-39-40-41-42-43-45-47-49-51-53-55-57-59-61-63-65-67-69-71-73-80(83)89-78(77-88-90(84,85)87-75-74-81(3,4)5)76-86-79(82)72-70-68-66-64-62-60-58-56-54-52-50-48-46-44-35-33-31-29-27-25-23-21-19-17-15-13-11-9-7-2/h8,10,14,16,19-22,25-28,32,34,37-38,40-41,43,45,49,51,78H,6-7,9,11-13,15,17-18,23-24,29-31,33,35-36,39,42,44,46-48,50,52-77H2,1-5H3/p+1/b10-8-,16-14-,21-19-,22-20-,27-25-,28-26-,34-32-,38-37-,41-40-,45-43-,51-49-. The van der Waals surface area contributed by atoms with Crippen LogP contribution >= 0.6 is 7.82 Å². The SMILES string of the molecule is CC/C=C\C/C=C\C/C=C\C/C=C\C/C=C\C/C=C\C/C=C\C/C=C\C/C=C\CCCCCCCCCCCC(=O)OC(COC(=O)CCCCCCCCCCCCCCCCCCC/C=C\C/C=C\CCCCCCC)COP(=O)(O)OCC[N+](C)(C)C. The van der Waals surface area contributed by atoms with Crippen molar-refractivity contribution in [2.24, 2.45) is 0 Å². The molecule has 0 aliphatic carbocycles. The Morgan fingerprint density at radius 1 is 0.356 bits per heavy atom. The minimum absolute atomic E-state index is 0.0255. The first kappa shape index (κ1) is 86.2. The zero-order valence-corrected chi connectivity index (χ0v) is 59.7. The highest BCUT2D eigenvalue weighted by Crippen LogP contribution is 2.43. The Morgan fingerprint density at radius 3 is 0.944 bits per heavy atom. The Bertz CT molecular complexity index is 1980. The molecule has 2 unspecified atom stereocenters. The smallest absolute Gasteiger partial charge is 0.462 e. The van der Waals surface area contributed by atoms with Crippen molar-refractivity contribution in [1.82, 2.24) is 0 Å². The molecule has 0 rings (SSSR count). The van der Waals surface area contributed by atoms with E-state index in [0.717, 1.165) is 109 Å². The summed E-state index contributed by atoms with van der Waals surface area (Å²) in [5.41, 5.74) is 0. The molecule has 9 nitrogen and oxygen atoms in total. The Balaban J connectivity index is 4.08. The third-order valence-electron chi connectivity index (χ3n) is 15.7. The van der Waals surface area contributed by atoms with Crippen LogP contribution < -0.4 is 0 Å². The van der Waals surface area contributed by atoms with E-state index in [1.165, 1.54) is 167 Å². The summed E-state index contributed by atoms with van der Waals surface area (Å²) in [5.74, 6) is -0.802. The highest BCUT2D eigenvalue weighted by molar-refractivity contribution is 7.47. The summed E-state index contributed by atoms with van der Waals surface area (Å²) in [6.07, 6.45) is 101. The molecule has 90 heavy (non-hydrogen) atoms. The van der Waals surface area contributed by atoms with E-state index in [1.54, 1.807) is 0 Å². The molecular weight excluding hydrogens is 1130 g/mol. The zero-order chi connectivity index (χ0) is 65.5. The minimum Gasteiger partial charge on any atom is -0.462 e. The number of hydrogen-bond donors (Lipinski definition) is 1. The monoisotopic (exact) mass is 1270 g/mol. The fourth-order valence-electron chi connectivity index (χ4n) is 10.0.